The molecular weight excluding hydrogens is 474 g/mol. The molecule has 4 aromatic rings. The van der Waals surface area contributed by atoms with Gasteiger partial charge in [0.1, 0.15) is 5.56 Å². The number of hydrogen-bond acceptors (Lipinski definition) is 5. The second kappa shape index (κ2) is 9.19. The number of halogens is 1. The number of H-pyrrole nitrogens is 2. The van der Waals surface area contributed by atoms with E-state index in [2.05, 4.69) is 35.9 Å². The van der Waals surface area contributed by atoms with Crippen LogP contribution in [-0.2, 0) is 6.42 Å². The van der Waals surface area contributed by atoms with Gasteiger partial charge in [-0.25, -0.2) is 14.3 Å². The lowest BCUT2D eigenvalue weighted by atomic mass is 10.0. The minimum absolute atomic E-state index is 0.0685. The number of benzene rings is 2. The smallest absolute Gasteiger partial charge is 0.335 e. The molecule has 2 aromatic carbocycles. The zero-order chi connectivity index (χ0) is 22.7. The lowest BCUT2D eigenvalue weighted by Crippen LogP contribution is -2.33. The molecule has 2 aromatic heterocycles. The van der Waals surface area contributed by atoms with Gasteiger partial charge in [0.2, 0.25) is 5.88 Å². The van der Waals surface area contributed by atoms with Crippen molar-refractivity contribution < 1.29 is 5.11 Å². The second-order valence-electron chi connectivity index (χ2n) is 7.19. The third kappa shape index (κ3) is 4.47. The van der Waals surface area contributed by atoms with Crippen LogP contribution in [-0.4, -0.2) is 36.9 Å². The van der Waals surface area contributed by atoms with Crippen LogP contribution in [0.4, 0.5) is 0 Å². The van der Waals surface area contributed by atoms with Gasteiger partial charge in [-0.05, 0) is 31.2 Å². The Labute approximate surface area is 191 Å². The number of imidazole rings is 1. The first-order valence-electron chi connectivity index (χ1n) is 9.87. The van der Waals surface area contributed by atoms with E-state index >= 15 is 0 Å². The van der Waals surface area contributed by atoms with Crippen molar-refractivity contribution in [1.29, 1.82) is 0 Å². The van der Waals surface area contributed by atoms with E-state index in [-0.39, 0.29) is 5.56 Å². The molecule has 0 aliphatic heterocycles. The molecule has 0 fully saturated rings. The lowest BCUT2D eigenvalue weighted by Gasteiger charge is -2.14. The predicted octanol–water partition coefficient (Wildman–Crippen LogP) is 3.11. The van der Waals surface area contributed by atoms with E-state index in [1.54, 1.807) is 36.8 Å². The molecule has 9 heteroatoms. The minimum atomic E-state index is -0.737. The highest BCUT2D eigenvalue weighted by Gasteiger charge is 2.21. The molecule has 0 amide bonds. The fourth-order valence-electron chi connectivity index (χ4n) is 3.30. The molecule has 0 unspecified atom stereocenters. The molecule has 0 saturated carbocycles. The zero-order valence-electron chi connectivity index (χ0n) is 17.2. The van der Waals surface area contributed by atoms with Crippen LogP contribution in [0.1, 0.15) is 22.4 Å². The van der Waals surface area contributed by atoms with Crippen LogP contribution >= 0.6 is 15.9 Å². The average molecular weight is 494 g/mol. The van der Waals surface area contributed by atoms with Crippen LogP contribution in [0.25, 0.3) is 5.69 Å². The predicted molar refractivity (Wildman–Crippen MR) is 126 cm³/mol. The Morgan fingerprint density at radius 1 is 1.12 bits per heavy atom. The number of aryl methyl sites for hydroxylation is 1. The van der Waals surface area contributed by atoms with Gasteiger partial charge in [-0.2, -0.15) is 0 Å². The van der Waals surface area contributed by atoms with Crippen molar-refractivity contribution in [3.05, 3.63) is 109 Å². The molecule has 3 N–H and O–H groups in total. The number of hydrogen-bond donors (Lipinski definition) is 3. The van der Waals surface area contributed by atoms with E-state index in [0.717, 1.165) is 20.3 Å². The number of aliphatic imine (C=N–C) groups is 1. The summed E-state index contributed by atoms with van der Waals surface area (Å²) in [5.74, 6) is -0.470. The number of rotatable bonds is 6. The Kier molecular flexibility index (Phi) is 6.18. The summed E-state index contributed by atoms with van der Waals surface area (Å²) in [5, 5.41) is 11.1. The third-order valence-electron chi connectivity index (χ3n) is 4.94. The van der Waals surface area contributed by atoms with Gasteiger partial charge in [0.15, 0.2) is 0 Å². The summed E-state index contributed by atoms with van der Waals surface area (Å²) >= 11 is 3.35. The van der Waals surface area contributed by atoms with E-state index in [1.807, 2.05) is 31.2 Å². The van der Waals surface area contributed by atoms with Gasteiger partial charge in [-0.15, -0.1) is 0 Å². The molecule has 162 valence electrons. The number of nitrogens with zero attached hydrogens (tertiary/aromatic N) is 3. The largest absolute Gasteiger partial charge is 0.493 e. The minimum Gasteiger partial charge on any atom is -0.493 e. The topological polar surface area (TPSA) is 116 Å². The van der Waals surface area contributed by atoms with Gasteiger partial charge in [0.25, 0.3) is 5.56 Å². The van der Waals surface area contributed by atoms with Crippen molar-refractivity contribution in [1.82, 2.24) is 19.5 Å². The normalized spacial score (nSPS) is 11.6. The standard InChI is InChI=1S/C23H20BrN5O3/c1-14-2-4-15(5-3-14)20(26-11-10-17-12-25-13-27-17)19-21(30)28-23(32)29(22(19)31)18-8-6-16(24)7-9-18/h2-9,12-13,31H,10-11H2,1H3,(H,25,27)(H,28,30,32). The van der Waals surface area contributed by atoms with Crippen LogP contribution in [0.3, 0.4) is 0 Å². The van der Waals surface area contributed by atoms with Crippen LogP contribution in [0.5, 0.6) is 5.88 Å². The summed E-state index contributed by atoms with van der Waals surface area (Å²) in [6, 6.07) is 14.3. The Balaban J connectivity index is 1.87. The highest BCUT2D eigenvalue weighted by atomic mass is 79.9. The second-order valence-corrected chi connectivity index (χ2v) is 8.11. The molecule has 0 bridgehead atoms. The van der Waals surface area contributed by atoms with Crippen molar-refractivity contribution in [2.45, 2.75) is 13.3 Å². The maximum Gasteiger partial charge on any atom is 0.335 e. The first kappa shape index (κ1) is 21.5. The molecule has 0 aliphatic rings. The molecule has 2 heterocycles. The Hall–Kier alpha value is -3.72. The molecule has 0 saturated heterocycles. The lowest BCUT2D eigenvalue weighted by molar-refractivity contribution is 0.430. The SMILES string of the molecule is Cc1ccc(C(=NCCc2cnc[nH]2)c2c(O)n(-c3ccc(Br)cc3)c(=O)[nH]c2=O)cc1. The van der Waals surface area contributed by atoms with Crippen LogP contribution in [0.15, 0.2) is 80.1 Å². The summed E-state index contributed by atoms with van der Waals surface area (Å²) in [6.45, 7) is 2.30. The fraction of sp³-hybridized carbons (Fsp3) is 0.130. The molecule has 32 heavy (non-hydrogen) atoms. The third-order valence-corrected chi connectivity index (χ3v) is 5.47. The molecule has 0 spiro atoms. The van der Waals surface area contributed by atoms with Crippen LogP contribution < -0.4 is 11.2 Å². The molecule has 0 radical (unpaired) electrons. The van der Waals surface area contributed by atoms with E-state index in [0.29, 0.717) is 29.9 Å². The number of aromatic nitrogens is 4. The Morgan fingerprint density at radius 2 is 1.84 bits per heavy atom. The molecular formula is C23H20BrN5O3. The molecule has 4 rings (SSSR count). The van der Waals surface area contributed by atoms with Crippen molar-refractivity contribution >= 4 is 21.6 Å². The summed E-state index contributed by atoms with van der Waals surface area (Å²) in [7, 11) is 0. The van der Waals surface area contributed by atoms with E-state index in [4.69, 9.17) is 0 Å². The van der Waals surface area contributed by atoms with Crippen molar-refractivity contribution in [2.75, 3.05) is 6.54 Å². The Bertz CT molecular complexity index is 1370. The summed E-state index contributed by atoms with van der Waals surface area (Å²) in [6.07, 6.45) is 3.87. The molecule has 0 atom stereocenters. The Morgan fingerprint density at radius 3 is 2.50 bits per heavy atom. The van der Waals surface area contributed by atoms with Crippen LogP contribution in [0.2, 0.25) is 0 Å². The van der Waals surface area contributed by atoms with Crippen molar-refractivity contribution in [3.8, 4) is 11.6 Å². The van der Waals surface area contributed by atoms with Crippen LogP contribution in [0, 0.1) is 6.92 Å². The van der Waals surface area contributed by atoms with E-state index in [1.165, 1.54) is 0 Å². The van der Waals surface area contributed by atoms with E-state index < -0.39 is 17.1 Å². The quantitative estimate of drug-likeness (QED) is 0.357. The van der Waals surface area contributed by atoms with Crippen molar-refractivity contribution in [2.24, 2.45) is 4.99 Å². The van der Waals surface area contributed by atoms with Gasteiger partial charge < -0.3 is 10.1 Å². The fourth-order valence-corrected chi connectivity index (χ4v) is 3.57. The monoisotopic (exact) mass is 493 g/mol. The van der Waals surface area contributed by atoms with Gasteiger partial charge in [0, 0.05) is 34.9 Å². The first-order chi connectivity index (χ1) is 15.4. The number of nitrogens with one attached hydrogen (secondary N) is 2. The van der Waals surface area contributed by atoms with Crippen molar-refractivity contribution in [3.63, 3.8) is 0 Å². The van der Waals surface area contributed by atoms with Gasteiger partial charge in [-0.1, -0.05) is 45.8 Å². The first-order valence-corrected chi connectivity index (χ1v) is 10.7. The van der Waals surface area contributed by atoms with Gasteiger partial charge >= 0.3 is 5.69 Å². The van der Waals surface area contributed by atoms with Gasteiger partial charge in [-0.3, -0.25) is 14.8 Å². The molecule has 8 nitrogen and oxygen atoms in total. The average Bonchev–Trinajstić information content (AvgIpc) is 3.28. The summed E-state index contributed by atoms with van der Waals surface area (Å²) < 4.78 is 1.88. The van der Waals surface area contributed by atoms with E-state index in [9.17, 15) is 14.7 Å². The highest BCUT2D eigenvalue weighted by molar-refractivity contribution is 9.10. The highest BCUT2D eigenvalue weighted by Crippen LogP contribution is 2.22. The molecule has 0 aliphatic carbocycles. The summed E-state index contributed by atoms with van der Waals surface area (Å²) in [5.41, 5.74) is 1.80. The number of aromatic amines is 2. The maximum atomic E-state index is 12.8. The zero-order valence-corrected chi connectivity index (χ0v) is 18.8. The number of aromatic hydroxyl groups is 1. The maximum absolute atomic E-state index is 12.8. The van der Waals surface area contributed by atoms with Gasteiger partial charge in [0.05, 0.1) is 17.7 Å². The summed E-state index contributed by atoms with van der Waals surface area (Å²) in [4.78, 5) is 39.4.